The summed E-state index contributed by atoms with van der Waals surface area (Å²) in [4.78, 5) is 0. The van der Waals surface area contributed by atoms with Crippen molar-refractivity contribution in [2.24, 2.45) is 0 Å². The molecule has 2 rings (SSSR count). The average molecular weight is 325 g/mol. The Morgan fingerprint density at radius 3 is 1.95 bits per heavy atom. The molecule has 0 aliphatic carbocycles. The molecule has 2 fully saturated rings. The molecule has 10 nitrogen and oxygen atoms in total. The highest BCUT2D eigenvalue weighted by Crippen LogP contribution is 2.37. The maximum absolute atomic E-state index is 10.5. The van der Waals surface area contributed by atoms with Gasteiger partial charge in [0.1, 0.15) is 55.4 Å². The predicted molar refractivity (Wildman–Crippen MR) is 67.0 cm³/mol. The minimum Gasteiger partial charge on any atom is -0.394 e. The molecule has 1 radical (unpaired) electrons. The maximum Gasteiger partial charge on any atom is 0.150 e. The topological polar surface area (TPSA) is 180 Å². The fourth-order valence-electron chi connectivity index (χ4n) is 2.69. The first-order valence-electron chi connectivity index (χ1n) is 6.77. The Morgan fingerprint density at radius 1 is 0.818 bits per heavy atom. The molecule has 0 unspecified atom stereocenters. The monoisotopic (exact) mass is 325 g/mol. The minimum absolute atomic E-state index is 0.626. The van der Waals surface area contributed by atoms with Crippen molar-refractivity contribution in [1.29, 1.82) is 0 Å². The minimum atomic E-state index is -2.43. The summed E-state index contributed by atoms with van der Waals surface area (Å²) in [6.45, 7) is -0.645. The van der Waals surface area contributed by atoms with Gasteiger partial charge in [-0.1, -0.05) is 0 Å². The number of rotatable bonds is 3. The van der Waals surface area contributed by atoms with Crippen LogP contribution in [-0.2, 0) is 9.47 Å². The van der Waals surface area contributed by atoms with Crippen LogP contribution in [0.1, 0.15) is 0 Å². The van der Waals surface area contributed by atoms with E-state index in [0.29, 0.717) is 6.61 Å². The average Bonchev–Trinajstić information content (AvgIpc) is 2.51. The van der Waals surface area contributed by atoms with Crippen LogP contribution in [0.2, 0.25) is 0 Å². The molecular formula is C12H21O10. The van der Waals surface area contributed by atoms with Crippen molar-refractivity contribution in [3.05, 3.63) is 6.61 Å². The van der Waals surface area contributed by atoms with Crippen LogP contribution >= 0.6 is 0 Å². The Labute approximate surface area is 125 Å². The van der Waals surface area contributed by atoms with E-state index < -0.39 is 67.6 Å². The molecule has 2 heterocycles. The molecule has 22 heavy (non-hydrogen) atoms. The Balaban J connectivity index is 2.24. The van der Waals surface area contributed by atoms with Crippen LogP contribution in [-0.4, -0.2) is 108 Å². The van der Waals surface area contributed by atoms with E-state index in [1.807, 2.05) is 0 Å². The Kier molecular flexibility index (Phi) is 5.39. The molecule has 2 aliphatic heterocycles. The number of hydrogen-bond donors (Lipinski definition) is 8. The van der Waals surface area contributed by atoms with E-state index in [2.05, 4.69) is 0 Å². The molecule has 0 amide bonds. The van der Waals surface area contributed by atoms with Crippen molar-refractivity contribution < 1.29 is 50.3 Å². The number of ether oxygens (including phenoxy) is 2. The van der Waals surface area contributed by atoms with Crippen LogP contribution in [0.3, 0.4) is 0 Å². The van der Waals surface area contributed by atoms with Crippen molar-refractivity contribution in [3.8, 4) is 0 Å². The number of hydrogen-bond acceptors (Lipinski definition) is 10. The molecule has 129 valence electrons. The zero-order valence-corrected chi connectivity index (χ0v) is 11.5. The Bertz CT molecular complexity index is 379. The Hall–Kier alpha value is -0.400. The van der Waals surface area contributed by atoms with E-state index >= 15 is 0 Å². The third-order valence-electron chi connectivity index (χ3n) is 4.14. The van der Waals surface area contributed by atoms with Gasteiger partial charge >= 0.3 is 0 Å². The lowest BCUT2D eigenvalue weighted by Gasteiger charge is -2.51. The van der Waals surface area contributed by atoms with Crippen LogP contribution < -0.4 is 0 Å². The second-order valence-electron chi connectivity index (χ2n) is 5.55. The molecular weight excluding hydrogens is 304 g/mol. The molecule has 0 saturated carbocycles. The molecule has 0 aromatic rings. The van der Waals surface area contributed by atoms with Gasteiger partial charge in [-0.25, -0.2) is 0 Å². The van der Waals surface area contributed by atoms with E-state index in [1.54, 1.807) is 0 Å². The molecule has 0 aromatic carbocycles. The highest BCUT2D eigenvalue weighted by atomic mass is 16.6. The summed E-state index contributed by atoms with van der Waals surface area (Å²) in [5.41, 5.74) is -2.43. The third-order valence-corrected chi connectivity index (χ3v) is 4.14. The van der Waals surface area contributed by atoms with Gasteiger partial charge in [0, 0.05) is 0 Å². The normalized spacial score (nSPS) is 53.5. The van der Waals surface area contributed by atoms with Crippen molar-refractivity contribution >= 4 is 0 Å². The lowest BCUT2D eigenvalue weighted by molar-refractivity contribution is -0.308. The first-order valence-corrected chi connectivity index (χ1v) is 6.77. The van der Waals surface area contributed by atoms with E-state index in [1.165, 1.54) is 0 Å². The first-order chi connectivity index (χ1) is 10.3. The van der Waals surface area contributed by atoms with Gasteiger partial charge in [-0.05, 0) is 0 Å². The zero-order chi connectivity index (χ0) is 16.7. The van der Waals surface area contributed by atoms with Gasteiger partial charge in [0.2, 0.25) is 0 Å². The quantitative estimate of drug-likeness (QED) is 0.250. The fraction of sp³-hybridized carbons (Fsp3) is 0.917. The molecule has 0 aromatic heterocycles. The van der Waals surface area contributed by atoms with Gasteiger partial charge in [-0.2, -0.15) is 0 Å². The summed E-state index contributed by atoms with van der Waals surface area (Å²) in [5.74, 6) is 0. The molecule has 0 spiro atoms. The zero-order valence-electron chi connectivity index (χ0n) is 11.5. The molecule has 8 N–H and O–H groups in total. The van der Waals surface area contributed by atoms with Gasteiger partial charge in [-0.15, -0.1) is 0 Å². The molecule has 2 saturated heterocycles. The summed E-state index contributed by atoms with van der Waals surface area (Å²) in [6, 6.07) is 0. The van der Waals surface area contributed by atoms with Gasteiger partial charge in [0.15, 0.2) is 5.60 Å². The molecule has 0 bridgehead atoms. The first kappa shape index (κ1) is 17.9. The summed E-state index contributed by atoms with van der Waals surface area (Å²) < 4.78 is 10.1. The summed E-state index contributed by atoms with van der Waals surface area (Å²) >= 11 is 0. The van der Waals surface area contributed by atoms with E-state index in [-0.39, 0.29) is 0 Å². The van der Waals surface area contributed by atoms with E-state index in [4.69, 9.17) is 19.7 Å². The number of aliphatic hydroxyl groups excluding tert-OH is 7. The van der Waals surface area contributed by atoms with Crippen molar-refractivity contribution in [2.45, 2.75) is 54.4 Å². The van der Waals surface area contributed by atoms with Gasteiger partial charge < -0.3 is 50.3 Å². The highest BCUT2D eigenvalue weighted by molar-refractivity contribution is 5.12. The second kappa shape index (κ2) is 6.61. The van der Waals surface area contributed by atoms with Crippen LogP contribution in [0.15, 0.2) is 0 Å². The SMILES string of the molecule is OC[C@@H]1O[C@H]([C@@]2(O)[CH]O[C@@H](CO)[C@H](O)[C@H]2O)[C@@H](O)[C@H](O)[C@H]1O. The summed E-state index contributed by atoms with van der Waals surface area (Å²) in [7, 11) is 0. The molecule has 2 aliphatic rings. The van der Waals surface area contributed by atoms with Crippen LogP contribution in [0, 0.1) is 6.61 Å². The van der Waals surface area contributed by atoms with Crippen molar-refractivity contribution in [2.75, 3.05) is 13.2 Å². The number of aliphatic hydroxyl groups is 8. The van der Waals surface area contributed by atoms with Gasteiger partial charge in [0.05, 0.1) is 13.2 Å². The third kappa shape index (κ3) is 2.76. The summed E-state index contributed by atoms with van der Waals surface area (Å²) in [6.07, 6.45) is -13.0. The van der Waals surface area contributed by atoms with Crippen molar-refractivity contribution in [3.63, 3.8) is 0 Å². The molecule has 10 heteroatoms. The fourth-order valence-corrected chi connectivity index (χ4v) is 2.69. The summed E-state index contributed by atoms with van der Waals surface area (Å²) in [5, 5.41) is 77.9. The molecule has 9 atom stereocenters. The maximum atomic E-state index is 10.5. The smallest absolute Gasteiger partial charge is 0.150 e. The van der Waals surface area contributed by atoms with Crippen LogP contribution in [0.4, 0.5) is 0 Å². The van der Waals surface area contributed by atoms with Crippen molar-refractivity contribution in [1.82, 2.24) is 0 Å². The van der Waals surface area contributed by atoms with Gasteiger partial charge in [-0.3, -0.25) is 0 Å². The lowest BCUT2D eigenvalue weighted by Crippen LogP contribution is -2.72. The van der Waals surface area contributed by atoms with E-state index in [9.17, 15) is 30.6 Å². The van der Waals surface area contributed by atoms with Gasteiger partial charge in [0.25, 0.3) is 0 Å². The van der Waals surface area contributed by atoms with E-state index in [0.717, 1.165) is 0 Å². The Morgan fingerprint density at radius 2 is 1.41 bits per heavy atom. The predicted octanol–water partition coefficient (Wildman–Crippen LogP) is -5.17. The largest absolute Gasteiger partial charge is 0.394 e. The second-order valence-corrected chi connectivity index (χ2v) is 5.55. The highest BCUT2D eigenvalue weighted by Gasteiger charge is 2.60. The van der Waals surface area contributed by atoms with Crippen LogP contribution in [0.5, 0.6) is 0 Å². The van der Waals surface area contributed by atoms with Crippen LogP contribution in [0.25, 0.3) is 0 Å². The standard InChI is InChI=1S/C12H21O10/c13-1-4-7(16)10(19)12(20,3-21-4)11-9(18)8(17)6(15)5(2-14)22-11/h3-11,13-20H,1-2H2/t4-,5-,6-,7-,8+,9-,10+,11-,12+/m0/s1. The lowest BCUT2D eigenvalue weighted by atomic mass is 9.78.